The molecule has 3 heterocycles. The van der Waals surface area contributed by atoms with Gasteiger partial charge in [0.2, 0.25) is 5.91 Å². The van der Waals surface area contributed by atoms with E-state index in [4.69, 9.17) is 9.47 Å². The van der Waals surface area contributed by atoms with E-state index in [0.717, 1.165) is 16.2 Å². The summed E-state index contributed by atoms with van der Waals surface area (Å²) < 4.78 is 11.2. The molecular weight excluding hydrogens is 406 g/mol. The van der Waals surface area contributed by atoms with E-state index in [2.05, 4.69) is 5.32 Å². The fourth-order valence-electron chi connectivity index (χ4n) is 3.99. The molecule has 30 heavy (non-hydrogen) atoms. The lowest BCUT2D eigenvalue weighted by Crippen LogP contribution is -2.53. The molecule has 3 aliphatic rings. The molecule has 1 spiro atoms. The van der Waals surface area contributed by atoms with Gasteiger partial charge < -0.3 is 19.7 Å². The lowest BCUT2D eigenvalue weighted by Gasteiger charge is -2.35. The predicted molar refractivity (Wildman–Crippen MR) is 110 cm³/mol. The molecule has 4 amide bonds. The third kappa shape index (κ3) is 3.19. The molecule has 0 atom stereocenters. The van der Waals surface area contributed by atoms with Crippen LogP contribution in [0.2, 0.25) is 0 Å². The van der Waals surface area contributed by atoms with Crippen molar-refractivity contribution >= 4 is 34.9 Å². The molecule has 1 aliphatic carbocycles. The van der Waals surface area contributed by atoms with E-state index < -0.39 is 11.6 Å². The van der Waals surface area contributed by atoms with Gasteiger partial charge in [-0.2, -0.15) is 0 Å². The second-order valence-corrected chi connectivity index (χ2v) is 8.68. The van der Waals surface area contributed by atoms with Crippen LogP contribution in [0.4, 0.5) is 10.5 Å². The van der Waals surface area contributed by atoms with Gasteiger partial charge in [-0.3, -0.25) is 14.5 Å². The Balaban J connectivity index is 1.41. The zero-order valence-electron chi connectivity index (χ0n) is 16.3. The Morgan fingerprint density at radius 2 is 1.97 bits per heavy atom. The first-order valence-corrected chi connectivity index (χ1v) is 10.8. The number of nitrogens with one attached hydrogen (secondary N) is 1. The monoisotopic (exact) mass is 427 g/mol. The number of carbonyl (C=O) groups excluding carboxylic acids is 3. The van der Waals surface area contributed by atoms with Crippen LogP contribution in [0.15, 0.2) is 35.7 Å². The van der Waals surface area contributed by atoms with Crippen molar-refractivity contribution in [3.05, 3.63) is 40.6 Å². The van der Waals surface area contributed by atoms with Crippen molar-refractivity contribution in [2.24, 2.45) is 0 Å². The van der Waals surface area contributed by atoms with E-state index >= 15 is 0 Å². The average Bonchev–Trinajstić information content (AvgIpc) is 3.33. The fraction of sp³-hybridized carbons (Fsp3) is 0.381. The molecular formula is C21H21N3O5S. The molecule has 1 N–H and O–H groups in total. The van der Waals surface area contributed by atoms with Crippen LogP contribution in [0.3, 0.4) is 0 Å². The van der Waals surface area contributed by atoms with E-state index in [-0.39, 0.29) is 18.4 Å². The number of urea groups is 1. The van der Waals surface area contributed by atoms with Crippen molar-refractivity contribution in [3.63, 3.8) is 0 Å². The Hall–Kier alpha value is -3.07. The lowest BCUT2D eigenvalue weighted by atomic mass is 9.77. The fourth-order valence-corrected chi connectivity index (χ4v) is 4.68. The molecule has 0 bridgehead atoms. The number of ether oxygens (including phenoxy) is 2. The van der Waals surface area contributed by atoms with Gasteiger partial charge in [-0.15, -0.1) is 11.3 Å². The predicted octanol–water partition coefficient (Wildman–Crippen LogP) is 2.53. The molecule has 1 aromatic carbocycles. The minimum Gasteiger partial charge on any atom is -0.486 e. The number of anilines is 1. The molecule has 9 heteroatoms. The van der Waals surface area contributed by atoms with E-state index in [1.807, 2.05) is 17.5 Å². The van der Waals surface area contributed by atoms with E-state index in [0.29, 0.717) is 49.8 Å². The quantitative estimate of drug-likeness (QED) is 0.741. The first-order valence-electron chi connectivity index (χ1n) is 9.92. The van der Waals surface area contributed by atoms with Gasteiger partial charge in [0, 0.05) is 16.6 Å². The number of rotatable bonds is 5. The summed E-state index contributed by atoms with van der Waals surface area (Å²) in [6.07, 6.45) is 2.15. The van der Waals surface area contributed by atoms with Crippen LogP contribution in [-0.2, 0) is 16.1 Å². The largest absolute Gasteiger partial charge is 0.486 e. The normalized spacial score (nSPS) is 18.9. The van der Waals surface area contributed by atoms with Crippen LogP contribution in [0.5, 0.6) is 11.5 Å². The summed E-state index contributed by atoms with van der Waals surface area (Å²) in [5.41, 5.74) is -0.171. The minimum absolute atomic E-state index is 0.299. The standard InChI is InChI=1S/C21H21N3O5S/c25-18(13-24-19(26)21(6-2-7-21)22-20(24)27)23(12-15-3-1-10-30-15)14-4-5-16-17(11-14)29-9-8-28-16/h1,3-5,10-11H,2,6-9,12-13H2,(H,22,27). The van der Waals surface area contributed by atoms with Crippen molar-refractivity contribution in [1.82, 2.24) is 10.2 Å². The topological polar surface area (TPSA) is 88.2 Å². The van der Waals surface area contributed by atoms with Crippen molar-refractivity contribution in [3.8, 4) is 11.5 Å². The Morgan fingerprint density at radius 3 is 2.63 bits per heavy atom. The molecule has 5 rings (SSSR count). The molecule has 1 aromatic heterocycles. The first-order chi connectivity index (χ1) is 14.6. The van der Waals surface area contributed by atoms with Gasteiger partial charge >= 0.3 is 6.03 Å². The maximum Gasteiger partial charge on any atom is 0.325 e. The van der Waals surface area contributed by atoms with Crippen LogP contribution in [0, 0.1) is 0 Å². The molecule has 156 valence electrons. The first kappa shape index (κ1) is 18.9. The van der Waals surface area contributed by atoms with Gasteiger partial charge in [-0.05, 0) is 42.8 Å². The summed E-state index contributed by atoms with van der Waals surface area (Å²) in [6, 6.07) is 8.70. The van der Waals surface area contributed by atoms with Crippen molar-refractivity contribution in [1.29, 1.82) is 0 Å². The highest BCUT2D eigenvalue weighted by atomic mass is 32.1. The SMILES string of the molecule is O=C1NC2(CCC2)C(=O)N1CC(=O)N(Cc1cccs1)c1ccc2c(c1)OCCO2. The molecule has 0 radical (unpaired) electrons. The summed E-state index contributed by atoms with van der Waals surface area (Å²) in [5.74, 6) is 0.575. The smallest absolute Gasteiger partial charge is 0.325 e. The van der Waals surface area contributed by atoms with Crippen molar-refractivity contribution in [2.45, 2.75) is 31.3 Å². The Labute approximate surface area is 177 Å². The van der Waals surface area contributed by atoms with Crippen LogP contribution < -0.4 is 19.7 Å². The number of nitrogens with zero attached hydrogens (tertiary/aromatic N) is 2. The number of benzene rings is 1. The number of fused-ring (bicyclic) bond motifs is 1. The molecule has 2 aliphatic heterocycles. The van der Waals surface area contributed by atoms with Gasteiger partial charge in [-0.25, -0.2) is 4.79 Å². The molecule has 1 saturated carbocycles. The van der Waals surface area contributed by atoms with Crippen LogP contribution in [0.1, 0.15) is 24.1 Å². The summed E-state index contributed by atoms with van der Waals surface area (Å²) in [7, 11) is 0. The molecule has 2 aromatic rings. The van der Waals surface area contributed by atoms with Gasteiger partial charge in [-0.1, -0.05) is 6.07 Å². The zero-order valence-corrected chi connectivity index (χ0v) is 17.1. The van der Waals surface area contributed by atoms with Gasteiger partial charge in [0.25, 0.3) is 5.91 Å². The van der Waals surface area contributed by atoms with E-state index in [1.165, 1.54) is 11.3 Å². The highest BCUT2D eigenvalue weighted by Crippen LogP contribution is 2.38. The summed E-state index contributed by atoms with van der Waals surface area (Å²) >= 11 is 1.54. The molecule has 2 fully saturated rings. The summed E-state index contributed by atoms with van der Waals surface area (Å²) in [5, 5.41) is 4.71. The number of hydrogen-bond donors (Lipinski definition) is 1. The maximum atomic E-state index is 13.3. The van der Waals surface area contributed by atoms with Gasteiger partial charge in [0.15, 0.2) is 11.5 Å². The maximum absolute atomic E-state index is 13.3. The van der Waals surface area contributed by atoms with E-state index in [1.54, 1.807) is 23.1 Å². The highest BCUT2D eigenvalue weighted by Gasteiger charge is 2.55. The van der Waals surface area contributed by atoms with Gasteiger partial charge in [0.05, 0.1) is 6.54 Å². The third-order valence-corrected chi connectivity index (χ3v) is 6.64. The third-order valence-electron chi connectivity index (χ3n) is 5.78. The van der Waals surface area contributed by atoms with Crippen LogP contribution in [-0.4, -0.2) is 48.0 Å². The number of thiophene rings is 1. The number of imide groups is 1. The number of amides is 4. The highest BCUT2D eigenvalue weighted by molar-refractivity contribution is 7.09. The van der Waals surface area contributed by atoms with Crippen molar-refractivity contribution in [2.75, 3.05) is 24.7 Å². The van der Waals surface area contributed by atoms with Gasteiger partial charge in [0.1, 0.15) is 25.3 Å². The Kier molecular flexibility index (Phi) is 4.62. The molecule has 0 unspecified atom stereocenters. The zero-order chi connectivity index (χ0) is 20.7. The summed E-state index contributed by atoms with van der Waals surface area (Å²) in [6.45, 7) is 0.967. The van der Waals surface area contributed by atoms with Crippen molar-refractivity contribution < 1.29 is 23.9 Å². The minimum atomic E-state index is -0.799. The van der Waals surface area contributed by atoms with Crippen LogP contribution >= 0.6 is 11.3 Å². The Bertz CT molecular complexity index is 1000. The molecule has 1 saturated heterocycles. The second kappa shape index (κ2) is 7.32. The molecule has 8 nitrogen and oxygen atoms in total. The van der Waals surface area contributed by atoms with E-state index in [9.17, 15) is 14.4 Å². The summed E-state index contributed by atoms with van der Waals surface area (Å²) in [4.78, 5) is 42.0. The Morgan fingerprint density at radius 1 is 1.17 bits per heavy atom. The number of carbonyl (C=O) groups is 3. The lowest BCUT2D eigenvalue weighted by molar-refractivity contribution is -0.136. The number of hydrogen-bond acceptors (Lipinski definition) is 6. The second-order valence-electron chi connectivity index (χ2n) is 7.64. The average molecular weight is 427 g/mol. The van der Waals surface area contributed by atoms with Crippen LogP contribution in [0.25, 0.3) is 0 Å².